The van der Waals surface area contributed by atoms with Gasteiger partial charge in [0.25, 0.3) is 5.91 Å². The minimum Gasteiger partial charge on any atom is -0.474 e. The van der Waals surface area contributed by atoms with E-state index in [0.717, 1.165) is 16.4 Å². The minimum atomic E-state index is -0.478. The molecule has 6 aromatic rings. The zero-order valence-corrected chi connectivity index (χ0v) is 32.0. The highest BCUT2D eigenvalue weighted by atomic mass is 16.5. The first-order valence-corrected chi connectivity index (χ1v) is 18.9. The van der Waals surface area contributed by atoms with E-state index in [1.54, 1.807) is 67.0 Å². The number of nitrogens with one attached hydrogen (secondary N) is 2. The Kier molecular flexibility index (Phi) is 9.32. The summed E-state index contributed by atoms with van der Waals surface area (Å²) in [5.41, 5.74) is 5.51. The molecule has 2 saturated heterocycles. The van der Waals surface area contributed by atoms with E-state index in [2.05, 4.69) is 37.3 Å². The topological polar surface area (TPSA) is 192 Å². The molecule has 0 bridgehead atoms. The van der Waals surface area contributed by atoms with Gasteiger partial charge in [-0.25, -0.2) is 14.8 Å². The Hall–Kier alpha value is -7.06. The number of anilines is 3. The number of amides is 3. The van der Waals surface area contributed by atoms with Crippen LogP contribution in [-0.2, 0) is 28.4 Å². The maximum atomic E-state index is 13.1. The molecule has 294 valence electrons. The Balaban J connectivity index is 0.903. The second-order valence-electron chi connectivity index (χ2n) is 14.3. The fourth-order valence-electron chi connectivity index (χ4n) is 7.69. The van der Waals surface area contributed by atoms with Crippen molar-refractivity contribution in [3.63, 3.8) is 0 Å². The van der Waals surface area contributed by atoms with Crippen molar-refractivity contribution in [3.8, 4) is 29.1 Å². The molecule has 58 heavy (non-hydrogen) atoms. The van der Waals surface area contributed by atoms with Crippen molar-refractivity contribution in [1.82, 2.24) is 39.7 Å². The Morgan fingerprint density at radius 1 is 1.00 bits per heavy atom. The van der Waals surface area contributed by atoms with E-state index in [1.807, 2.05) is 17.0 Å². The van der Waals surface area contributed by atoms with Gasteiger partial charge >= 0.3 is 5.69 Å². The molecule has 1 atom stereocenters. The highest BCUT2D eigenvalue weighted by Crippen LogP contribution is 2.38. The van der Waals surface area contributed by atoms with E-state index in [-0.39, 0.29) is 42.1 Å². The Bertz CT molecular complexity index is 2790. The number of morpholine rings is 1. The monoisotopic (exact) mass is 782 g/mol. The first-order chi connectivity index (χ1) is 28.1. The van der Waals surface area contributed by atoms with Gasteiger partial charge in [-0.2, -0.15) is 4.98 Å². The van der Waals surface area contributed by atoms with Gasteiger partial charge in [0.2, 0.25) is 17.7 Å². The van der Waals surface area contributed by atoms with Gasteiger partial charge in [0.15, 0.2) is 11.6 Å². The van der Waals surface area contributed by atoms with Crippen molar-refractivity contribution in [3.05, 3.63) is 81.9 Å². The number of aromatic nitrogens is 6. The highest BCUT2D eigenvalue weighted by molar-refractivity contribution is 6.03. The van der Waals surface area contributed by atoms with E-state index >= 15 is 0 Å². The maximum absolute atomic E-state index is 13.1. The van der Waals surface area contributed by atoms with Crippen LogP contribution >= 0.6 is 0 Å². The Labute approximate surface area is 331 Å². The Morgan fingerprint density at radius 2 is 1.84 bits per heavy atom. The van der Waals surface area contributed by atoms with Crippen molar-refractivity contribution in [2.75, 3.05) is 55.8 Å². The average molecular weight is 783 g/mol. The number of carbonyl (C=O) groups excluding carboxylic acids is 3. The molecule has 9 rings (SSSR count). The largest absolute Gasteiger partial charge is 0.474 e. The fourth-order valence-corrected chi connectivity index (χ4v) is 7.69. The molecular formula is C41H38N10O7. The van der Waals surface area contributed by atoms with Crippen LogP contribution in [0.15, 0.2) is 58.2 Å². The van der Waals surface area contributed by atoms with E-state index in [4.69, 9.17) is 23.9 Å². The number of hydrogen-bond acceptors (Lipinski definition) is 13. The molecule has 3 aliphatic heterocycles. The van der Waals surface area contributed by atoms with E-state index in [9.17, 15) is 19.2 Å². The second kappa shape index (κ2) is 14.8. The molecule has 0 spiro atoms. The van der Waals surface area contributed by atoms with Gasteiger partial charge in [0.05, 0.1) is 50.2 Å². The Morgan fingerprint density at radius 3 is 2.66 bits per heavy atom. The van der Waals surface area contributed by atoms with Crippen molar-refractivity contribution in [2.24, 2.45) is 14.1 Å². The SMILES string of the molecule is Cc1cc(-c2ncc3c(n2)OCCN3c2cc3c(c(N4CCOCC4)n2)n(C)c(=O)n3C)cnc1C(=O)NCC#Cc1ccc2occ(C3CCC(=O)NC3=O)c2c1. The molecule has 3 aliphatic rings. The van der Waals surface area contributed by atoms with Gasteiger partial charge in [0, 0.05) is 67.9 Å². The van der Waals surface area contributed by atoms with Crippen LogP contribution in [0.4, 0.5) is 17.3 Å². The van der Waals surface area contributed by atoms with Gasteiger partial charge < -0.3 is 29.0 Å². The molecule has 8 heterocycles. The molecule has 1 unspecified atom stereocenters. The summed E-state index contributed by atoms with van der Waals surface area (Å²) < 4.78 is 20.5. The lowest BCUT2D eigenvalue weighted by Gasteiger charge is -2.32. The predicted molar refractivity (Wildman–Crippen MR) is 212 cm³/mol. The van der Waals surface area contributed by atoms with Crippen LogP contribution in [0.1, 0.15) is 45.9 Å². The maximum Gasteiger partial charge on any atom is 0.328 e. The molecule has 17 nitrogen and oxygen atoms in total. The van der Waals surface area contributed by atoms with Crippen LogP contribution in [0.2, 0.25) is 0 Å². The number of imide groups is 1. The predicted octanol–water partition coefficient (Wildman–Crippen LogP) is 2.85. The normalized spacial score (nSPS) is 16.8. The van der Waals surface area contributed by atoms with Gasteiger partial charge in [-0.05, 0) is 43.2 Å². The molecule has 3 amide bonds. The van der Waals surface area contributed by atoms with E-state index < -0.39 is 5.92 Å². The van der Waals surface area contributed by atoms with Gasteiger partial charge in [0.1, 0.15) is 34.9 Å². The van der Waals surface area contributed by atoms with Crippen molar-refractivity contribution < 1.29 is 28.3 Å². The summed E-state index contributed by atoms with van der Waals surface area (Å²) in [5.74, 6) is 6.69. The third-order valence-electron chi connectivity index (χ3n) is 10.7. The molecule has 1 aromatic carbocycles. The van der Waals surface area contributed by atoms with Crippen molar-refractivity contribution in [2.45, 2.75) is 25.7 Å². The van der Waals surface area contributed by atoms with Crippen molar-refractivity contribution >= 4 is 57.0 Å². The lowest BCUT2D eigenvalue weighted by Crippen LogP contribution is -2.39. The second-order valence-corrected chi connectivity index (χ2v) is 14.3. The summed E-state index contributed by atoms with van der Waals surface area (Å²) in [7, 11) is 3.52. The number of piperidine rings is 1. The first kappa shape index (κ1) is 36.6. The van der Waals surface area contributed by atoms with Crippen LogP contribution in [0.25, 0.3) is 33.4 Å². The first-order valence-electron chi connectivity index (χ1n) is 18.9. The van der Waals surface area contributed by atoms with Crippen LogP contribution in [0.5, 0.6) is 5.88 Å². The molecule has 17 heteroatoms. The van der Waals surface area contributed by atoms with Crippen LogP contribution in [-0.4, -0.2) is 92.8 Å². The quantitative estimate of drug-likeness (QED) is 0.185. The van der Waals surface area contributed by atoms with Gasteiger partial charge in [-0.3, -0.25) is 33.8 Å². The summed E-state index contributed by atoms with van der Waals surface area (Å²) in [6, 6.07) is 9.14. The van der Waals surface area contributed by atoms with Crippen LogP contribution in [0.3, 0.4) is 0 Å². The average Bonchev–Trinajstić information content (AvgIpc) is 3.75. The third-order valence-corrected chi connectivity index (χ3v) is 10.7. The number of imidazole rings is 1. The van der Waals surface area contributed by atoms with E-state index in [1.165, 1.54) is 0 Å². The number of rotatable bonds is 6. The zero-order valence-electron chi connectivity index (χ0n) is 32.0. The number of fused-ring (bicyclic) bond motifs is 3. The lowest BCUT2D eigenvalue weighted by atomic mass is 9.90. The lowest BCUT2D eigenvalue weighted by molar-refractivity contribution is -0.134. The number of hydrogen-bond donors (Lipinski definition) is 2. The summed E-state index contributed by atoms with van der Waals surface area (Å²) in [6.45, 7) is 5.17. The number of carbonyl (C=O) groups is 3. The third kappa shape index (κ3) is 6.56. The number of ether oxygens (including phenoxy) is 2. The van der Waals surface area contributed by atoms with Gasteiger partial charge in [-0.1, -0.05) is 11.8 Å². The van der Waals surface area contributed by atoms with E-state index in [0.29, 0.717) is 103 Å². The van der Waals surface area contributed by atoms with Crippen molar-refractivity contribution in [1.29, 1.82) is 0 Å². The summed E-state index contributed by atoms with van der Waals surface area (Å²) in [5, 5.41) is 5.96. The van der Waals surface area contributed by atoms with Crippen LogP contribution in [0, 0.1) is 18.8 Å². The summed E-state index contributed by atoms with van der Waals surface area (Å²) >= 11 is 0. The number of furan rings is 1. The molecule has 5 aromatic heterocycles. The molecule has 2 N–H and O–H groups in total. The van der Waals surface area contributed by atoms with Crippen LogP contribution < -0.4 is 30.9 Å². The molecule has 2 fully saturated rings. The molecular weight excluding hydrogens is 745 g/mol. The molecule has 0 radical (unpaired) electrons. The molecule has 0 saturated carbocycles. The standard InChI is InChI=1S/C41H38N10O7/c1-23-17-25(20-43-34(23)39(54)42-10-4-5-24-6-8-31-27(18-24)28(22-58-31)26-7-9-33(52)46-38(26)53)36-44-21-30-40(47-36)57-16-13-51(30)32-19-29-35(49(3)41(55)48(29)2)37(45-32)50-11-14-56-15-12-50/h6,8,17-22,26H,7,9-16H2,1-3H3,(H,42,54)(H,46,52,53). The highest BCUT2D eigenvalue weighted by Gasteiger charge is 2.31. The summed E-state index contributed by atoms with van der Waals surface area (Å²) in [4.78, 5) is 73.3. The zero-order chi connectivity index (χ0) is 40.1. The number of pyridine rings is 2. The number of aryl methyl sites for hydroxylation is 3. The fraction of sp³-hybridized carbons (Fsp3) is 0.317. The smallest absolute Gasteiger partial charge is 0.328 e. The summed E-state index contributed by atoms with van der Waals surface area (Å²) in [6.07, 6.45) is 5.48. The number of benzene rings is 1. The van der Waals surface area contributed by atoms with Gasteiger partial charge in [-0.15, -0.1) is 0 Å². The molecule has 0 aliphatic carbocycles. The minimum absolute atomic E-state index is 0.0726. The number of nitrogens with zero attached hydrogens (tertiary/aromatic N) is 8.